The van der Waals surface area contributed by atoms with Crippen molar-refractivity contribution in [3.63, 3.8) is 0 Å². The molecule has 486 valence electrons. The summed E-state index contributed by atoms with van der Waals surface area (Å²) in [6.45, 7) is -1.21. The highest BCUT2D eigenvalue weighted by molar-refractivity contribution is 5.94. The molecule has 0 unspecified atom stereocenters. The topological polar surface area (TPSA) is 280 Å². The highest BCUT2D eigenvalue weighted by Gasteiger charge is 2.78. The normalized spacial score (nSPS) is 22.8. The summed E-state index contributed by atoms with van der Waals surface area (Å²) in [6.07, 6.45) is -10.1. The summed E-state index contributed by atoms with van der Waals surface area (Å²) in [4.78, 5) is 99.2. The van der Waals surface area contributed by atoms with Crippen molar-refractivity contribution in [1.82, 2.24) is 0 Å². The number of hydrogen-bond donors (Lipinski definition) is 0. The molecule has 0 aromatic heterocycles. The lowest BCUT2D eigenvalue weighted by Gasteiger charge is -2.46. The Morgan fingerprint density at radius 2 is 0.713 bits per heavy atom. The van der Waals surface area contributed by atoms with Gasteiger partial charge in [-0.05, 0) is 176 Å². The largest absolute Gasteiger partial charge is 0.497 e. The molecule has 7 aromatic rings. The number of epoxide rings is 1. The number of hydrogen-bond acceptors (Lipinski definition) is 24. The van der Waals surface area contributed by atoms with E-state index in [1.54, 1.807) is 42.5 Å². The molecule has 7 aromatic carbocycles. The van der Waals surface area contributed by atoms with E-state index in [0.717, 1.165) is 0 Å². The van der Waals surface area contributed by atoms with Crippen LogP contribution >= 0.6 is 0 Å². The number of rotatable bonds is 24. The van der Waals surface area contributed by atoms with Gasteiger partial charge < -0.3 is 80.5 Å². The lowest BCUT2D eigenvalue weighted by atomic mass is 9.85. The van der Waals surface area contributed by atoms with Crippen LogP contribution in [-0.2, 0) is 47.4 Å². The van der Waals surface area contributed by atoms with Crippen LogP contribution in [0.4, 0.5) is 0 Å². The molecular weight excluding hydrogens is 1220 g/mol. The standard InChI is InChI=1S/C70H62O24/c1-78-46-21-7-39(8-22-46)61(71)85-37-54-57(90-65(75)42-13-27-49(81-4)28-14-42)58(91-66(76)43-15-29-50(82-5)30-16-43)59(92-67(77)44-17-31-51(83-6)32-18-44)69(88-54)93-68-55-53(35-36-84-68)56(60-70(55,94-60)38-86-62(72)40-9-23-47(79-2)24-10-40)89-64(74)45-19-33-52(34-20-45)87-63(73)41-11-25-48(80-3)26-12-41/h7-36,53-60,68-69H,37-38H2,1-6H3/t53-,54-,55-,56+,57-,58+,59-,60+,68+,69+,70-/m0/s1. The van der Waals surface area contributed by atoms with Crippen LogP contribution in [0.5, 0.6) is 40.2 Å². The zero-order chi connectivity index (χ0) is 66.0. The van der Waals surface area contributed by atoms with Gasteiger partial charge in [0.1, 0.15) is 77.4 Å². The fraction of sp³-hybridized carbons (Fsp3) is 0.271. The third-order valence-electron chi connectivity index (χ3n) is 16.1. The zero-order valence-corrected chi connectivity index (χ0v) is 51.3. The zero-order valence-electron chi connectivity index (χ0n) is 51.3. The molecule has 1 aliphatic carbocycles. The molecule has 3 heterocycles. The van der Waals surface area contributed by atoms with Crippen LogP contribution in [0.2, 0.25) is 0 Å². The van der Waals surface area contributed by atoms with Crippen molar-refractivity contribution >= 4 is 41.8 Å². The van der Waals surface area contributed by atoms with Crippen molar-refractivity contribution in [1.29, 1.82) is 0 Å². The van der Waals surface area contributed by atoms with Crippen LogP contribution in [0.1, 0.15) is 72.5 Å². The Hall–Kier alpha value is -11.0. The first-order valence-electron chi connectivity index (χ1n) is 29.3. The number of esters is 7. The molecule has 0 N–H and O–H groups in total. The fourth-order valence-corrected chi connectivity index (χ4v) is 11.1. The molecule has 11 atom stereocenters. The fourth-order valence-electron chi connectivity index (χ4n) is 11.1. The average Bonchev–Trinajstić information content (AvgIpc) is 1.51. The molecule has 94 heavy (non-hydrogen) atoms. The molecule has 0 radical (unpaired) electrons. The van der Waals surface area contributed by atoms with Gasteiger partial charge in [-0.25, -0.2) is 33.6 Å². The molecular formula is C70H62O24. The van der Waals surface area contributed by atoms with E-state index in [1.165, 1.54) is 182 Å². The quantitative estimate of drug-likeness (QED) is 0.0236. The van der Waals surface area contributed by atoms with E-state index in [1.807, 2.05) is 0 Å². The Balaban J connectivity index is 0.960. The lowest BCUT2D eigenvalue weighted by Crippen LogP contribution is -2.64. The van der Waals surface area contributed by atoms with E-state index in [4.69, 9.17) is 80.5 Å². The van der Waals surface area contributed by atoms with Crippen molar-refractivity contribution in [2.45, 2.75) is 54.8 Å². The minimum Gasteiger partial charge on any atom is -0.497 e. The molecule has 0 spiro atoms. The first kappa shape index (κ1) is 64.6. The van der Waals surface area contributed by atoms with Crippen molar-refractivity contribution in [2.75, 3.05) is 55.9 Å². The van der Waals surface area contributed by atoms with E-state index in [9.17, 15) is 33.6 Å². The summed E-state index contributed by atoms with van der Waals surface area (Å²) < 4.78 is 101. The van der Waals surface area contributed by atoms with Crippen molar-refractivity contribution < 1.29 is 114 Å². The highest BCUT2D eigenvalue weighted by atomic mass is 16.8. The summed E-state index contributed by atoms with van der Waals surface area (Å²) in [5, 5.41) is 0. The Bertz CT molecular complexity index is 3870. The second kappa shape index (κ2) is 28.7. The summed E-state index contributed by atoms with van der Waals surface area (Å²) in [6, 6.07) is 41.7. The summed E-state index contributed by atoms with van der Waals surface area (Å²) in [5.41, 5.74) is -1.08. The van der Waals surface area contributed by atoms with Crippen molar-refractivity contribution in [2.24, 2.45) is 11.8 Å². The van der Waals surface area contributed by atoms with Crippen LogP contribution in [0.3, 0.4) is 0 Å². The van der Waals surface area contributed by atoms with Crippen LogP contribution in [0.15, 0.2) is 182 Å². The highest BCUT2D eigenvalue weighted by Crippen LogP contribution is 2.61. The van der Waals surface area contributed by atoms with Crippen molar-refractivity contribution in [3.05, 3.63) is 221 Å². The molecule has 2 saturated heterocycles. The van der Waals surface area contributed by atoms with Gasteiger partial charge in [-0.15, -0.1) is 0 Å². The van der Waals surface area contributed by atoms with E-state index in [0.29, 0.717) is 34.5 Å². The molecule has 3 fully saturated rings. The van der Waals surface area contributed by atoms with E-state index >= 15 is 0 Å². The van der Waals surface area contributed by atoms with Gasteiger partial charge in [-0.3, -0.25) is 0 Å². The first-order chi connectivity index (χ1) is 45.6. The molecule has 24 nitrogen and oxygen atoms in total. The number of benzene rings is 7. The van der Waals surface area contributed by atoms with Gasteiger partial charge in [0.15, 0.2) is 18.3 Å². The first-order valence-corrected chi connectivity index (χ1v) is 29.3. The number of ether oxygens (including phenoxy) is 17. The maximum absolute atomic E-state index is 14.7. The smallest absolute Gasteiger partial charge is 0.343 e. The van der Waals surface area contributed by atoms with Gasteiger partial charge in [0.25, 0.3) is 0 Å². The van der Waals surface area contributed by atoms with Crippen LogP contribution in [0, 0.1) is 11.8 Å². The number of methoxy groups -OCH3 is 6. The third kappa shape index (κ3) is 14.2. The van der Waals surface area contributed by atoms with Gasteiger partial charge in [-0.1, -0.05) is 0 Å². The maximum Gasteiger partial charge on any atom is 0.343 e. The Morgan fingerprint density at radius 3 is 1.12 bits per heavy atom. The van der Waals surface area contributed by atoms with E-state index < -0.39 is 122 Å². The number of carbonyl (C=O) groups excluding carboxylic acids is 7. The van der Waals surface area contributed by atoms with E-state index in [2.05, 4.69) is 0 Å². The lowest BCUT2D eigenvalue weighted by molar-refractivity contribution is -0.342. The Kier molecular flexibility index (Phi) is 19.7. The minimum absolute atomic E-state index is 0.00894. The molecule has 11 rings (SSSR count). The second-order valence-electron chi connectivity index (χ2n) is 21.5. The predicted molar refractivity (Wildman–Crippen MR) is 325 cm³/mol. The molecule has 4 aliphatic rings. The second-order valence-corrected chi connectivity index (χ2v) is 21.5. The summed E-state index contributed by atoms with van der Waals surface area (Å²) in [7, 11) is 8.75. The van der Waals surface area contributed by atoms with Gasteiger partial charge in [0.05, 0.1) is 93.8 Å². The van der Waals surface area contributed by atoms with Crippen LogP contribution in [0.25, 0.3) is 0 Å². The summed E-state index contributed by atoms with van der Waals surface area (Å²) >= 11 is 0. The number of carbonyl (C=O) groups is 7. The molecule has 0 bridgehead atoms. The monoisotopic (exact) mass is 1290 g/mol. The summed E-state index contributed by atoms with van der Waals surface area (Å²) in [5.74, 6) is -5.30. The Morgan fingerprint density at radius 1 is 0.372 bits per heavy atom. The molecule has 24 heteroatoms. The molecule has 1 saturated carbocycles. The molecule has 0 amide bonds. The van der Waals surface area contributed by atoms with Crippen LogP contribution in [-0.4, -0.2) is 152 Å². The van der Waals surface area contributed by atoms with Gasteiger partial charge in [-0.2, -0.15) is 0 Å². The van der Waals surface area contributed by atoms with Crippen LogP contribution < -0.4 is 33.2 Å². The van der Waals surface area contributed by atoms with Gasteiger partial charge >= 0.3 is 41.8 Å². The minimum atomic E-state index is -1.94. The predicted octanol–water partition coefficient (Wildman–Crippen LogP) is 8.87. The van der Waals surface area contributed by atoms with Gasteiger partial charge in [0.2, 0.25) is 12.6 Å². The SMILES string of the molecule is COc1ccc(C(=O)OC[C@@H]2O[C@H](O[C@H]3OC=C[C@@H]4[C@@H](OC(=O)c5ccc(OC(=O)c6ccc(OC)cc6)cc5)[C@H]5O[C@@]5(COC(=O)c5ccc(OC)cc5)[C@H]34)[C@@H](OC(=O)c3ccc(OC)cc3)[C@H](OC(=O)c3ccc(OC)cc3)[C@H]2OC(=O)c2ccc(OC)cc2)cc1. The Labute approximate surface area is 537 Å². The van der Waals surface area contributed by atoms with Gasteiger partial charge in [0, 0.05) is 5.92 Å². The molecule has 3 aliphatic heterocycles. The number of fused-ring (bicyclic) bond motifs is 3. The third-order valence-corrected chi connectivity index (χ3v) is 16.1. The average molecular weight is 1290 g/mol. The van der Waals surface area contributed by atoms with E-state index in [-0.39, 0.29) is 44.7 Å². The van der Waals surface area contributed by atoms with Crippen molar-refractivity contribution in [3.8, 4) is 40.2 Å². The maximum atomic E-state index is 14.7.